The van der Waals surface area contributed by atoms with Gasteiger partial charge in [0.1, 0.15) is 0 Å². The van der Waals surface area contributed by atoms with Gasteiger partial charge in [-0.05, 0) is 31.2 Å². The van der Waals surface area contributed by atoms with Gasteiger partial charge in [-0.25, -0.2) is 0 Å². The van der Waals surface area contributed by atoms with Gasteiger partial charge in [-0.3, -0.25) is 4.79 Å². The molecule has 1 saturated heterocycles. The Labute approximate surface area is 128 Å². The summed E-state index contributed by atoms with van der Waals surface area (Å²) >= 11 is 0. The molecule has 0 spiro atoms. The third kappa shape index (κ3) is 3.37. The van der Waals surface area contributed by atoms with Gasteiger partial charge in [0, 0.05) is 24.3 Å². The number of rotatable bonds is 4. The number of hydrogen-bond acceptors (Lipinski definition) is 7. The first-order valence-electron chi connectivity index (χ1n) is 7.13. The molecule has 1 N–H and O–H groups in total. The average molecular weight is 299 g/mol. The zero-order valence-electron chi connectivity index (χ0n) is 12.3. The third-order valence-electron chi connectivity index (χ3n) is 3.41. The lowest BCUT2D eigenvalue weighted by atomic mass is 10.1. The molecule has 0 atom stereocenters. The van der Waals surface area contributed by atoms with E-state index in [1.807, 2.05) is 17.0 Å². The minimum absolute atomic E-state index is 0.0462. The van der Waals surface area contributed by atoms with Crippen LogP contribution in [0.3, 0.4) is 0 Å². The van der Waals surface area contributed by atoms with Crippen molar-refractivity contribution in [2.45, 2.75) is 6.92 Å². The molecule has 114 valence electrons. The molecule has 1 aromatic heterocycles. The topological polar surface area (TPSA) is 80.2 Å². The number of carbonyl (C=O) groups excluding carboxylic acids is 1. The number of morpholine rings is 1. The molecule has 0 saturated carbocycles. The van der Waals surface area contributed by atoms with E-state index in [0.29, 0.717) is 30.5 Å². The summed E-state index contributed by atoms with van der Waals surface area (Å²) in [6.07, 6.45) is 1.57. The van der Waals surface area contributed by atoms with Crippen molar-refractivity contribution >= 4 is 23.2 Å². The maximum Gasteiger partial charge on any atom is 0.247 e. The van der Waals surface area contributed by atoms with Crippen molar-refractivity contribution in [2.24, 2.45) is 0 Å². The Morgan fingerprint density at radius 3 is 2.64 bits per heavy atom. The average Bonchev–Trinajstić information content (AvgIpc) is 2.56. The zero-order valence-corrected chi connectivity index (χ0v) is 12.3. The maximum atomic E-state index is 11.3. The Kier molecular flexibility index (Phi) is 4.24. The van der Waals surface area contributed by atoms with Crippen LogP contribution in [0.5, 0.6) is 0 Å². The molecule has 2 aromatic rings. The molecule has 1 aliphatic heterocycles. The first-order chi connectivity index (χ1) is 10.7. The molecule has 0 aliphatic carbocycles. The van der Waals surface area contributed by atoms with Crippen LogP contribution in [0.4, 0.5) is 17.5 Å². The molecule has 7 nitrogen and oxygen atoms in total. The molecule has 0 amide bonds. The van der Waals surface area contributed by atoms with E-state index >= 15 is 0 Å². The highest BCUT2D eigenvalue weighted by Crippen LogP contribution is 2.17. The summed E-state index contributed by atoms with van der Waals surface area (Å²) in [6, 6.07) is 7.24. The zero-order chi connectivity index (χ0) is 15.4. The Balaban J connectivity index is 1.73. The standard InChI is InChI=1S/C15H17N5O2/c1-11(21)12-2-4-13(5-3-12)17-14-10-16-19-15(18-14)20-6-8-22-9-7-20/h2-5,10H,6-9H2,1H3,(H,17,18,19). The van der Waals surface area contributed by atoms with Crippen LogP contribution in [0.1, 0.15) is 17.3 Å². The summed E-state index contributed by atoms with van der Waals surface area (Å²) in [5, 5.41) is 11.2. The fraction of sp³-hybridized carbons (Fsp3) is 0.333. The second kappa shape index (κ2) is 6.48. The van der Waals surface area contributed by atoms with Crippen LogP contribution >= 0.6 is 0 Å². The summed E-state index contributed by atoms with van der Waals surface area (Å²) in [7, 11) is 0. The fourth-order valence-corrected chi connectivity index (χ4v) is 2.19. The van der Waals surface area contributed by atoms with Crippen molar-refractivity contribution in [1.82, 2.24) is 15.2 Å². The highest BCUT2D eigenvalue weighted by atomic mass is 16.5. The second-order valence-electron chi connectivity index (χ2n) is 5.00. The van der Waals surface area contributed by atoms with Gasteiger partial charge in [0.05, 0.1) is 19.4 Å². The summed E-state index contributed by atoms with van der Waals surface area (Å²) < 4.78 is 5.32. The van der Waals surface area contributed by atoms with E-state index < -0.39 is 0 Å². The number of carbonyl (C=O) groups is 1. The van der Waals surface area contributed by atoms with Gasteiger partial charge in [-0.2, -0.15) is 10.1 Å². The molecule has 3 rings (SSSR count). The Bertz CT molecular complexity index is 653. The summed E-state index contributed by atoms with van der Waals surface area (Å²) in [5.41, 5.74) is 1.53. The van der Waals surface area contributed by atoms with Crippen LogP contribution in [0.15, 0.2) is 30.5 Å². The molecule has 1 aliphatic rings. The molecule has 22 heavy (non-hydrogen) atoms. The Hall–Kier alpha value is -2.54. The smallest absolute Gasteiger partial charge is 0.247 e. The minimum Gasteiger partial charge on any atom is -0.378 e. The predicted octanol–water partition coefficient (Wildman–Crippen LogP) is 1.65. The van der Waals surface area contributed by atoms with Crippen molar-refractivity contribution in [3.8, 4) is 0 Å². The van der Waals surface area contributed by atoms with Crippen LogP contribution in [0.2, 0.25) is 0 Å². The number of nitrogens with zero attached hydrogens (tertiary/aromatic N) is 4. The largest absolute Gasteiger partial charge is 0.378 e. The monoisotopic (exact) mass is 299 g/mol. The lowest BCUT2D eigenvalue weighted by Gasteiger charge is -2.26. The van der Waals surface area contributed by atoms with E-state index in [0.717, 1.165) is 18.8 Å². The molecule has 0 bridgehead atoms. The molecule has 0 unspecified atom stereocenters. The number of anilines is 3. The summed E-state index contributed by atoms with van der Waals surface area (Å²) in [5.74, 6) is 1.26. The minimum atomic E-state index is 0.0462. The van der Waals surface area contributed by atoms with Gasteiger partial charge in [-0.1, -0.05) is 0 Å². The third-order valence-corrected chi connectivity index (χ3v) is 3.41. The number of Topliss-reactive ketones (excluding diaryl/α,β-unsaturated/α-hetero) is 1. The van der Waals surface area contributed by atoms with E-state index in [4.69, 9.17) is 4.74 Å². The molecule has 1 aromatic carbocycles. The number of aromatic nitrogens is 3. The van der Waals surface area contributed by atoms with Gasteiger partial charge in [0.25, 0.3) is 0 Å². The van der Waals surface area contributed by atoms with Crippen LogP contribution in [0.25, 0.3) is 0 Å². The van der Waals surface area contributed by atoms with Crippen LogP contribution in [0, 0.1) is 0 Å². The van der Waals surface area contributed by atoms with E-state index in [2.05, 4.69) is 20.5 Å². The lowest BCUT2D eigenvalue weighted by Crippen LogP contribution is -2.37. The SMILES string of the molecule is CC(=O)c1ccc(Nc2cnnc(N3CCOCC3)n2)cc1. The van der Waals surface area contributed by atoms with Crippen molar-refractivity contribution in [1.29, 1.82) is 0 Å². The van der Waals surface area contributed by atoms with Crippen molar-refractivity contribution in [3.63, 3.8) is 0 Å². The maximum absolute atomic E-state index is 11.3. The van der Waals surface area contributed by atoms with Gasteiger partial charge < -0.3 is 15.0 Å². The molecule has 1 fully saturated rings. The number of benzene rings is 1. The Morgan fingerprint density at radius 1 is 1.23 bits per heavy atom. The number of hydrogen-bond donors (Lipinski definition) is 1. The second-order valence-corrected chi connectivity index (χ2v) is 5.00. The van der Waals surface area contributed by atoms with E-state index in [-0.39, 0.29) is 5.78 Å². The van der Waals surface area contributed by atoms with Gasteiger partial charge in [-0.15, -0.1) is 5.10 Å². The van der Waals surface area contributed by atoms with Crippen LogP contribution < -0.4 is 10.2 Å². The highest BCUT2D eigenvalue weighted by Gasteiger charge is 2.14. The predicted molar refractivity (Wildman–Crippen MR) is 82.6 cm³/mol. The number of ether oxygens (including phenoxy) is 1. The Morgan fingerprint density at radius 2 is 1.95 bits per heavy atom. The van der Waals surface area contributed by atoms with Crippen molar-refractivity contribution in [2.75, 3.05) is 36.5 Å². The van der Waals surface area contributed by atoms with E-state index in [9.17, 15) is 4.79 Å². The molecule has 0 radical (unpaired) electrons. The van der Waals surface area contributed by atoms with Crippen LogP contribution in [-0.4, -0.2) is 47.3 Å². The highest BCUT2D eigenvalue weighted by molar-refractivity contribution is 5.94. The van der Waals surface area contributed by atoms with Gasteiger partial charge in [0.15, 0.2) is 11.6 Å². The van der Waals surface area contributed by atoms with E-state index in [1.165, 1.54) is 0 Å². The summed E-state index contributed by atoms with van der Waals surface area (Å²) in [6.45, 7) is 4.42. The number of ketones is 1. The molecule has 7 heteroatoms. The fourth-order valence-electron chi connectivity index (χ4n) is 2.19. The van der Waals surface area contributed by atoms with E-state index in [1.54, 1.807) is 25.3 Å². The molecular formula is C15H17N5O2. The molecular weight excluding hydrogens is 282 g/mol. The number of nitrogens with one attached hydrogen (secondary N) is 1. The quantitative estimate of drug-likeness (QED) is 0.860. The first kappa shape index (κ1) is 14.4. The van der Waals surface area contributed by atoms with Crippen molar-refractivity contribution < 1.29 is 9.53 Å². The van der Waals surface area contributed by atoms with Gasteiger partial charge >= 0.3 is 0 Å². The first-order valence-corrected chi connectivity index (χ1v) is 7.13. The normalized spacial score (nSPS) is 14.7. The van der Waals surface area contributed by atoms with Crippen molar-refractivity contribution in [3.05, 3.63) is 36.0 Å². The summed E-state index contributed by atoms with van der Waals surface area (Å²) in [4.78, 5) is 17.8. The molecule has 2 heterocycles. The van der Waals surface area contributed by atoms with Crippen LogP contribution in [-0.2, 0) is 4.74 Å². The lowest BCUT2D eigenvalue weighted by molar-refractivity contribution is 0.101. The van der Waals surface area contributed by atoms with Gasteiger partial charge in [0.2, 0.25) is 5.95 Å².